The van der Waals surface area contributed by atoms with Crippen LogP contribution in [0.4, 0.5) is 9.59 Å². The monoisotopic (exact) mass is 192 g/mol. The van der Waals surface area contributed by atoms with Gasteiger partial charge in [-0.1, -0.05) is 0 Å². The molecule has 0 radical (unpaired) electrons. The molecule has 0 aromatic carbocycles. The summed E-state index contributed by atoms with van der Waals surface area (Å²) in [5, 5.41) is 27.9. The number of hydrogen-bond acceptors (Lipinski definition) is 6. The summed E-state index contributed by atoms with van der Waals surface area (Å²) in [6, 6.07) is 0. The van der Waals surface area contributed by atoms with Gasteiger partial charge in [0.2, 0.25) is 0 Å². The fraction of sp³-hybridized carbons (Fsp3) is 0. The SMILES string of the molecule is N.N.N.N.O=C(O)O.O=C(O)O. The van der Waals surface area contributed by atoms with E-state index < -0.39 is 12.3 Å². The summed E-state index contributed by atoms with van der Waals surface area (Å²) in [6.07, 6.45) is -3.67. The Morgan fingerprint density at radius 1 is 0.583 bits per heavy atom. The van der Waals surface area contributed by atoms with Gasteiger partial charge in [-0.25, -0.2) is 9.59 Å². The summed E-state index contributed by atoms with van der Waals surface area (Å²) in [7, 11) is 0. The molecule has 0 aliphatic carbocycles. The van der Waals surface area contributed by atoms with Crippen LogP contribution in [0.15, 0.2) is 0 Å². The van der Waals surface area contributed by atoms with Crippen LogP contribution in [0.1, 0.15) is 0 Å². The summed E-state index contributed by atoms with van der Waals surface area (Å²) < 4.78 is 0. The Hall–Kier alpha value is -1.62. The lowest BCUT2D eigenvalue weighted by Gasteiger charge is -1.60. The van der Waals surface area contributed by atoms with E-state index in [0.717, 1.165) is 0 Å². The molecular formula is C2H16N4O6. The van der Waals surface area contributed by atoms with Crippen LogP contribution in [0.5, 0.6) is 0 Å². The molecule has 10 heteroatoms. The molecule has 0 aromatic heterocycles. The topological polar surface area (TPSA) is 255 Å². The zero-order chi connectivity index (χ0) is 7.15. The Kier molecular flexibility index (Phi) is 136. The van der Waals surface area contributed by atoms with Gasteiger partial charge < -0.3 is 45.0 Å². The average Bonchev–Trinajstić information content (AvgIpc) is 1.25. The molecule has 12 heavy (non-hydrogen) atoms. The van der Waals surface area contributed by atoms with Crippen LogP contribution in [-0.2, 0) is 0 Å². The summed E-state index contributed by atoms with van der Waals surface area (Å²) in [5.74, 6) is 0. The van der Waals surface area contributed by atoms with Gasteiger partial charge in [0.1, 0.15) is 0 Å². The van der Waals surface area contributed by atoms with Crippen molar-refractivity contribution in [3.8, 4) is 0 Å². The first-order chi connectivity index (χ1) is 3.46. The van der Waals surface area contributed by atoms with E-state index in [9.17, 15) is 0 Å². The molecule has 0 amide bonds. The van der Waals surface area contributed by atoms with E-state index in [4.69, 9.17) is 30.0 Å². The molecule has 16 N–H and O–H groups in total. The molecule has 0 heterocycles. The second kappa shape index (κ2) is 34.3. The molecule has 0 aliphatic rings. The Bertz CT molecular complexity index is 75.5. The molecule has 0 spiro atoms. The van der Waals surface area contributed by atoms with Gasteiger partial charge in [-0.2, -0.15) is 0 Å². The van der Waals surface area contributed by atoms with E-state index in [0.29, 0.717) is 0 Å². The van der Waals surface area contributed by atoms with Crippen molar-refractivity contribution >= 4 is 12.3 Å². The normalized spacial score (nSPS) is 4.00. The first-order valence-corrected chi connectivity index (χ1v) is 1.30. The van der Waals surface area contributed by atoms with E-state index in [2.05, 4.69) is 0 Å². The smallest absolute Gasteiger partial charge is 0.450 e. The average molecular weight is 192 g/mol. The van der Waals surface area contributed by atoms with Crippen molar-refractivity contribution in [1.29, 1.82) is 0 Å². The predicted molar refractivity (Wildman–Crippen MR) is 41.4 cm³/mol. The Morgan fingerprint density at radius 2 is 0.583 bits per heavy atom. The second-order valence-electron chi connectivity index (χ2n) is 0.565. The first-order valence-electron chi connectivity index (χ1n) is 1.30. The van der Waals surface area contributed by atoms with Crippen LogP contribution in [0.3, 0.4) is 0 Å². The molecule has 10 nitrogen and oxygen atoms in total. The zero-order valence-corrected chi connectivity index (χ0v) is 6.43. The van der Waals surface area contributed by atoms with Gasteiger partial charge in [0.15, 0.2) is 0 Å². The highest BCUT2D eigenvalue weighted by Crippen LogP contribution is 1.43. The van der Waals surface area contributed by atoms with Crippen molar-refractivity contribution in [2.24, 2.45) is 0 Å². The minimum Gasteiger partial charge on any atom is -0.450 e. The quantitative estimate of drug-likeness (QED) is 0.270. The van der Waals surface area contributed by atoms with Crippen LogP contribution >= 0.6 is 0 Å². The van der Waals surface area contributed by atoms with Gasteiger partial charge in [-0.3, -0.25) is 0 Å². The van der Waals surface area contributed by atoms with Gasteiger partial charge in [0.05, 0.1) is 0 Å². The molecule has 0 saturated heterocycles. The van der Waals surface area contributed by atoms with Gasteiger partial charge >= 0.3 is 12.3 Å². The van der Waals surface area contributed by atoms with Crippen LogP contribution in [0.2, 0.25) is 0 Å². The standard InChI is InChI=1S/2CH2O3.4H3N/c2*2-1(3)4;;;;/h2*(H2,2,3,4);4*1H3. The van der Waals surface area contributed by atoms with Crippen LogP contribution in [-0.4, -0.2) is 32.7 Å². The third-order valence-corrected chi connectivity index (χ3v) is 0. The van der Waals surface area contributed by atoms with Crippen molar-refractivity contribution in [3.63, 3.8) is 0 Å². The van der Waals surface area contributed by atoms with Gasteiger partial charge in [-0.05, 0) is 0 Å². The molecule has 0 aromatic rings. The number of rotatable bonds is 0. The van der Waals surface area contributed by atoms with E-state index in [1.54, 1.807) is 0 Å². The Balaban J connectivity index is -0.0000000112. The Morgan fingerprint density at radius 3 is 0.583 bits per heavy atom. The molecule has 0 saturated carbocycles. The maximum absolute atomic E-state index is 8.56. The van der Waals surface area contributed by atoms with Crippen molar-refractivity contribution in [2.75, 3.05) is 0 Å². The number of hydrogen-bond donors (Lipinski definition) is 8. The molecular weight excluding hydrogens is 176 g/mol. The van der Waals surface area contributed by atoms with Crippen molar-refractivity contribution in [1.82, 2.24) is 24.6 Å². The summed E-state index contributed by atoms with van der Waals surface area (Å²) >= 11 is 0. The lowest BCUT2D eigenvalue weighted by atomic mass is 11.5. The second-order valence-corrected chi connectivity index (χ2v) is 0.565. The fourth-order valence-corrected chi connectivity index (χ4v) is 0. The van der Waals surface area contributed by atoms with Crippen molar-refractivity contribution < 1.29 is 30.0 Å². The highest BCUT2D eigenvalue weighted by molar-refractivity contribution is 5.53. The molecule has 0 fully saturated rings. The van der Waals surface area contributed by atoms with Crippen LogP contribution < -0.4 is 24.6 Å². The minimum absolute atomic E-state index is 0. The molecule has 0 bridgehead atoms. The lowest BCUT2D eigenvalue weighted by molar-refractivity contribution is 0.135. The third kappa shape index (κ3) is 174. The third-order valence-electron chi connectivity index (χ3n) is 0. The van der Waals surface area contributed by atoms with E-state index in [-0.39, 0.29) is 24.6 Å². The first kappa shape index (κ1) is 47.6. The largest absolute Gasteiger partial charge is 0.503 e. The maximum atomic E-state index is 8.56. The van der Waals surface area contributed by atoms with Crippen molar-refractivity contribution in [3.05, 3.63) is 0 Å². The van der Waals surface area contributed by atoms with Crippen molar-refractivity contribution in [2.45, 2.75) is 0 Å². The van der Waals surface area contributed by atoms with E-state index in [1.807, 2.05) is 0 Å². The summed E-state index contributed by atoms with van der Waals surface area (Å²) in [6.45, 7) is 0. The molecule has 80 valence electrons. The summed E-state index contributed by atoms with van der Waals surface area (Å²) in [4.78, 5) is 17.1. The number of carboxylic acid groups (broad SMARTS) is 4. The molecule has 0 unspecified atom stereocenters. The molecule has 0 atom stereocenters. The Labute approximate surface area is 68.2 Å². The zero-order valence-electron chi connectivity index (χ0n) is 6.43. The lowest BCUT2D eigenvalue weighted by Crippen LogP contribution is -1.81. The highest BCUT2D eigenvalue weighted by Gasteiger charge is 1.70. The predicted octanol–water partition coefficient (Wildman–Crippen LogP) is 1.09. The van der Waals surface area contributed by atoms with Crippen LogP contribution in [0.25, 0.3) is 0 Å². The maximum Gasteiger partial charge on any atom is 0.503 e. The van der Waals surface area contributed by atoms with Crippen LogP contribution in [0, 0.1) is 0 Å². The van der Waals surface area contributed by atoms with Gasteiger partial charge in [-0.15, -0.1) is 0 Å². The van der Waals surface area contributed by atoms with E-state index in [1.165, 1.54) is 0 Å². The highest BCUT2D eigenvalue weighted by atomic mass is 16.6. The number of carbonyl (C=O) groups is 2. The summed E-state index contributed by atoms with van der Waals surface area (Å²) in [5.41, 5.74) is 0. The molecule has 0 rings (SSSR count). The van der Waals surface area contributed by atoms with E-state index >= 15 is 0 Å². The minimum atomic E-state index is -1.83. The fourth-order valence-electron chi connectivity index (χ4n) is 0. The van der Waals surface area contributed by atoms with Gasteiger partial charge in [0, 0.05) is 0 Å². The van der Waals surface area contributed by atoms with Gasteiger partial charge in [0.25, 0.3) is 0 Å². The molecule has 0 aliphatic heterocycles.